The van der Waals surface area contributed by atoms with Gasteiger partial charge in [0.05, 0.1) is 6.61 Å². The summed E-state index contributed by atoms with van der Waals surface area (Å²) in [5.41, 5.74) is -0.996. The Balaban J connectivity index is 2.47. The van der Waals surface area contributed by atoms with Crippen LogP contribution < -0.4 is 10.6 Å². The number of ether oxygens (including phenoxy) is 1. The van der Waals surface area contributed by atoms with Crippen LogP contribution in [-0.4, -0.2) is 30.1 Å². The van der Waals surface area contributed by atoms with Crippen molar-refractivity contribution in [3.63, 3.8) is 0 Å². The zero-order valence-corrected chi connectivity index (χ0v) is 8.75. The first-order valence-corrected chi connectivity index (χ1v) is 4.77. The lowest BCUT2D eigenvalue weighted by Crippen LogP contribution is -2.44. The fourth-order valence-electron chi connectivity index (χ4n) is 1.34. The smallest absolute Gasteiger partial charge is 0.322 e. The van der Waals surface area contributed by atoms with E-state index in [0.717, 1.165) is 0 Å². The molecule has 0 radical (unpaired) electrons. The first-order valence-electron chi connectivity index (χ1n) is 4.77. The third-order valence-corrected chi connectivity index (χ3v) is 2.25. The molecule has 84 valence electrons. The Bertz CT molecular complexity index is 302. The lowest BCUT2D eigenvalue weighted by molar-refractivity contribution is -0.143. The van der Waals surface area contributed by atoms with Gasteiger partial charge in [-0.3, -0.25) is 14.9 Å². The number of rotatable bonds is 4. The topological polar surface area (TPSA) is 84.5 Å². The SMILES string of the molecule is CCOC(=O)CC[C@]1(C)NC(=O)NC1=O. The predicted octanol–water partition coefficient (Wildman–Crippen LogP) is -0.0722. The van der Waals surface area contributed by atoms with Gasteiger partial charge in [0.25, 0.3) is 5.91 Å². The van der Waals surface area contributed by atoms with Crippen molar-refractivity contribution in [3.8, 4) is 0 Å². The Kier molecular flexibility index (Phi) is 3.28. The van der Waals surface area contributed by atoms with Crippen LogP contribution >= 0.6 is 0 Å². The zero-order chi connectivity index (χ0) is 11.5. The maximum absolute atomic E-state index is 11.3. The van der Waals surface area contributed by atoms with Crippen molar-refractivity contribution in [2.75, 3.05) is 6.61 Å². The molecule has 1 aliphatic heterocycles. The first-order chi connectivity index (χ1) is 6.98. The number of nitrogens with one attached hydrogen (secondary N) is 2. The Morgan fingerprint density at radius 1 is 1.47 bits per heavy atom. The van der Waals surface area contributed by atoms with E-state index in [1.165, 1.54) is 0 Å². The van der Waals surface area contributed by atoms with Crippen LogP contribution in [0, 0.1) is 0 Å². The second kappa shape index (κ2) is 4.29. The van der Waals surface area contributed by atoms with Crippen molar-refractivity contribution in [1.29, 1.82) is 0 Å². The molecule has 2 N–H and O–H groups in total. The van der Waals surface area contributed by atoms with Gasteiger partial charge < -0.3 is 10.1 Å². The van der Waals surface area contributed by atoms with E-state index in [9.17, 15) is 14.4 Å². The fraction of sp³-hybridized carbons (Fsp3) is 0.667. The van der Waals surface area contributed by atoms with Crippen LogP contribution in [0.25, 0.3) is 0 Å². The molecule has 1 aliphatic rings. The third kappa shape index (κ3) is 2.68. The maximum atomic E-state index is 11.3. The van der Waals surface area contributed by atoms with Crippen molar-refractivity contribution in [2.45, 2.75) is 32.2 Å². The summed E-state index contributed by atoms with van der Waals surface area (Å²) in [6, 6.07) is -0.522. The fourth-order valence-corrected chi connectivity index (χ4v) is 1.34. The summed E-state index contributed by atoms with van der Waals surface area (Å²) in [4.78, 5) is 33.3. The van der Waals surface area contributed by atoms with Crippen molar-refractivity contribution < 1.29 is 19.1 Å². The highest BCUT2D eigenvalue weighted by Crippen LogP contribution is 2.16. The number of hydrogen-bond donors (Lipinski definition) is 2. The highest BCUT2D eigenvalue weighted by molar-refractivity contribution is 6.06. The molecule has 0 saturated carbocycles. The van der Waals surface area contributed by atoms with Crippen LogP contribution in [-0.2, 0) is 14.3 Å². The van der Waals surface area contributed by atoms with Crippen LogP contribution in [0.2, 0.25) is 0 Å². The number of carbonyl (C=O) groups is 3. The van der Waals surface area contributed by atoms with E-state index in [0.29, 0.717) is 6.61 Å². The Hall–Kier alpha value is -1.59. The summed E-state index contributed by atoms with van der Waals surface area (Å²) in [7, 11) is 0. The van der Waals surface area contributed by atoms with E-state index in [-0.39, 0.29) is 18.8 Å². The molecule has 0 aliphatic carbocycles. The number of carbonyl (C=O) groups excluding carboxylic acids is 3. The standard InChI is InChI=1S/C9H14N2O4/c1-3-15-6(12)4-5-9(2)7(13)10-8(14)11-9/h3-5H2,1-2H3,(H2,10,11,13,14)/t9-/m0/s1. The molecule has 0 aromatic heterocycles. The minimum Gasteiger partial charge on any atom is -0.466 e. The Morgan fingerprint density at radius 2 is 2.13 bits per heavy atom. The number of hydrogen-bond acceptors (Lipinski definition) is 4. The van der Waals surface area contributed by atoms with Crippen molar-refractivity contribution in [3.05, 3.63) is 0 Å². The van der Waals surface area contributed by atoms with Gasteiger partial charge >= 0.3 is 12.0 Å². The first kappa shape index (κ1) is 11.5. The quantitative estimate of drug-likeness (QED) is 0.506. The molecule has 0 aromatic carbocycles. The van der Waals surface area contributed by atoms with Gasteiger partial charge in [0.15, 0.2) is 0 Å². The molecule has 1 heterocycles. The Morgan fingerprint density at radius 3 is 2.60 bits per heavy atom. The van der Waals surface area contributed by atoms with Crippen LogP contribution in [0.5, 0.6) is 0 Å². The molecule has 3 amide bonds. The van der Waals surface area contributed by atoms with Crippen molar-refractivity contribution >= 4 is 17.9 Å². The van der Waals surface area contributed by atoms with Crippen molar-refractivity contribution in [2.24, 2.45) is 0 Å². The third-order valence-electron chi connectivity index (χ3n) is 2.25. The largest absolute Gasteiger partial charge is 0.466 e. The van der Waals surface area contributed by atoms with E-state index < -0.39 is 17.5 Å². The van der Waals surface area contributed by atoms with Gasteiger partial charge in [0, 0.05) is 6.42 Å². The Labute approximate surface area is 87.4 Å². The molecule has 1 saturated heterocycles. The van der Waals surface area contributed by atoms with Gasteiger partial charge in [-0.2, -0.15) is 0 Å². The van der Waals surface area contributed by atoms with E-state index >= 15 is 0 Å². The molecular formula is C9H14N2O4. The van der Waals surface area contributed by atoms with Crippen molar-refractivity contribution in [1.82, 2.24) is 10.6 Å². The lowest BCUT2D eigenvalue weighted by atomic mass is 9.96. The minimum atomic E-state index is -0.996. The van der Waals surface area contributed by atoms with Gasteiger partial charge in [-0.1, -0.05) is 0 Å². The second-order valence-electron chi connectivity index (χ2n) is 3.55. The molecule has 0 unspecified atom stereocenters. The molecule has 0 aromatic rings. The molecular weight excluding hydrogens is 200 g/mol. The zero-order valence-electron chi connectivity index (χ0n) is 8.75. The molecule has 1 atom stereocenters. The number of esters is 1. The van der Waals surface area contributed by atoms with Gasteiger partial charge in [0.1, 0.15) is 5.54 Å². The summed E-state index contributed by atoms with van der Waals surface area (Å²) < 4.78 is 4.73. The second-order valence-corrected chi connectivity index (χ2v) is 3.55. The van der Waals surface area contributed by atoms with E-state index in [1.807, 2.05) is 0 Å². The molecule has 0 spiro atoms. The monoisotopic (exact) mass is 214 g/mol. The number of imide groups is 1. The molecule has 6 heteroatoms. The van der Waals surface area contributed by atoms with E-state index in [2.05, 4.69) is 10.6 Å². The van der Waals surface area contributed by atoms with Gasteiger partial charge in [-0.15, -0.1) is 0 Å². The molecule has 15 heavy (non-hydrogen) atoms. The molecule has 1 rings (SSSR count). The van der Waals surface area contributed by atoms with Crippen LogP contribution in [0.1, 0.15) is 26.7 Å². The molecule has 6 nitrogen and oxygen atoms in total. The highest BCUT2D eigenvalue weighted by Gasteiger charge is 2.41. The van der Waals surface area contributed by atoms with E-state index in [1.54, 1.807) is 13.8 Å². The van der Waals surface area contributed by atoms with Gasteiger partial charge in [-0.05, 0) is 20.3 Å². The summed E-state index contributed by atoms with van der Waals surface area (Å²) in [6.45, 7) is 3.60. The average molecular weight is 214 g/mol. The number of amides is 3. The van der Waals surface area contributed by atoms with Crippen LogP contribution in [0.3, 0.4) is 0 Å². The van der Waals surface area contributed by atoms with Crippen LogP contribution in [0.4, 0.5) is 4.79 Å². The lowest BCUT2D eigenvalue weighted by Gasteiger charge is -2.19. The van der Waals surface area contributed by atoms with Gasteiger partial charge in [0.2, 0.25) is 0 Å². The molecule has 1 fully saturated rings. The summed E-state index contributed by atoms with van der Waals surface area (Å²) >= 11 is 0. The maximum Gasteiger partial charge on any atom is 0.322 e. The normalized spacial score (nSPS) is 24.7. The minimum absolute atomic E-state index is 0.109. The van der Waals surface area contributed by atoms with E-state index in [4.69, 9.17) is 4.74 Å². The average Bonchev–Trinajstić information content (AvgIpc) is 2.39. The van der Waals surface area contributed by atoms with Gasteiger partial charge in [-0.25, -0.2) is 4.79 Å². The molecule has 0 bridgehead atoms. The summed E-state index contributed by atoms with van der Waals surface area (Å²) in [6.07, 6.45) is 0.349. The van der Waals surface area contributed by atoms with Crippen LogP contribution in [0.15, 0.2) is 0 Å². The predicted molar refractivity (Wildman–Crippen MR) is 50.9 cm³/mol. The highest BCUT2D eigenvalue weighted by atomic mass is 16.5. The summed E-state index contributed by atoms with van der Waals surface area (Å²) in [5, 5.41) is 4.59. The number of urea groups is 1. The summed E-state index contributed by atoms with van der Waals surface area (Å²) in [5.74, 6) is -0.774.